The third kappa shape index (κ3) is 6.63. The summed E-state index contributed by atoms with van der Waals surface area (Å²) in [5, 5.41) is 15.0. The molecule has 2 aromatic heterocycles. The number of esters is 1. The SMILES string of the molecule is CCn1c(SCC(=O)Nc2scc(-c3ccc(Cl)cc3)c2C(=O)OC)nnc1C(C)Oc1ccc(C)cc1C. The molecule has 0 spiro atoms. The number of thioether (sulfide) groups is 1. The van der Waals surface area contributed by atoms with E-state index in [9.17, 15) is 9.59 Å². The Kier molecular flexibility index (Phi) is 9.32. The molecule has 0 fully saturated rings. The van der Waals surface area contributed by atoms with Gasteiger partial charge in [0, 0.05) is 22.5 Å². The van der Waals surface area contributed by atoms with E-state index in [0.717, 1.165) is 16.9 Å². The third-order valence-corrected chi connectivity index (χ3v) is 8.09. The monoisotopic (exact) mass is 584 g/mol. The maximum atomic E-state index is 12.9. The molecule has 2 aromatic carbocycles. The molecule has 0 aliphatic rings. The molecule has 0 saturated heterocycles. The first kappa shape index (κ1) is 28.7. The van der Waals surface area contributed by atoms with E-state index in [2.05, 4.69) is 21.6 Å². The Bertz CT molecular complexity index is 1480. The standard InChI is InChI=1S/C28H29ClN4O4S2/c1-6-33-25(18(4)37-22-12-7-16(2)13-17(22)3)31-32-28(33)39-15-23(34)30-26-24(27(35)36-5)21(14-38-26)19-8-10-20(29)11-9-19/h7-14,18H,6,15H2,1-5H3,(H,30,34). The quantitative estimate of drug-likeness (QED) is 0.159. The molecule has 204 valence electrons. The summed E-state index contributed by atoms with van der Waals surface area (Å²) >= 11 is 8.54. The summed E-state index contributed by atoms with van der Waals surface area (Å²) in [7, 11) is 1.31. The Hall–Kier alpha value is -3.34. The Morgan fingerprint density at radius 3 is 2.56 bits per heavy atom. The molecule has 1 atom stereocenters. The van der Waals surface area contributed by atoms with Gasteiger partial charge in [0.25, 0.3) is 0 Å². The summed E-state index contributed by atoms with van der Waals surface area (Å²) in [5.74, 6) is 0.750. The number of rotatable bonds is 10. The second-order valence-corrected chi connectivity index (χ2v) is 11.1. The van der Waals surface area contributed by atoms with Gasteiger partial charge in [0.05, 0.1) is 12.9 Å². The van der Waals surface area contributed by atoms with Crippen LogP contribution in [-0.4, -0.2) is 39.5 Å². The van der Waals surface area contributed by atoms with Crippen molar-refractivity contribution in [3.05, 3.63) is 75.4 Å². The molecular formula is C28H29ClN4O4S2. The van der Waals surface area contributed by atoms with Gasteiger partial charge in [0.2, 0.25) is 5.91 Å². The topological polar surface area (TPSA) is 95.3 Å². The predicted octanol–water partition coefficient (Wildman–Crippen LogP) is 6.95. The first-order chi connectivity index (χ1) is 18.7. The first-order valence-electron chi connectivity index (χ1n) is 12.3. The minimum Gasteiger partial charge on any atom is -0.482 e. The van der Waals surface area contributed by atoms with E-state index in [1.165, 1.54) is 35.8 Å². The molecule has 0 radical (unpaired) electrons. The molecule has 4 aromatic rings. The summed E-state index contributed by atoms with van der Waals surface area (Å²) in [6.45, 7) is 8.60. The van der Waals surface area contributed by atoms with Gasteiger partial charge >= 0.3 is 5.97 Å². The predicted molar refractivity (Wildman–Crippen MR) is 156 cm³/mol. The van der Waals surface area contributed by atoms with Crippen molar-refractivity contribution in [1.82, 2.24) is 14.8 Å². The highest BCUT2D eigenvalue weighted by atomic mass is 35.5. The van der Waals surface area contributed by atoms with Crippen molar-refractivity contribution in [3.63, 3.8) is 0 Å². The van der Waals surface area contributed by atoms with Crippen LogP contribution >= 0.6 is 34.7 Å². The molecule has 11 heteroatoms. The second-order valence-electron chi connectivity index (χ2n) is 8.80. The van der Waals surface area contributed by atoms with Crippen LogP contribution in [-0.2, 0) is 16.1 Å². The van der Waals surface area contributed by atoms with Gasteiger partial charge in [-0.25, -0.2) is 4.79 Å². The number of anilines is 1. The molecule has 4 rings (SSSR count). The van der Waals surface area contributed by atoms with Crippen LogP contribution in [0, 0.1) is 13.8 Å². The van der Waals surface area contributed by atoms with Crippen molar-refractivity contribution in [3.8, 4) is 16.9 Å². The highest BCUT2D eigenvalue weighted by Crippen LogP contribution is 2.37. The number of hydrogen-bond acceptors (Lipinski definition) is 8. The van der Waals surface area contributed by atoms with Crippen molar-refractivity contribution in [2.24, 2.45) is 0 Å². The normalized spacial score (nSPS) is 11.7. The van der Waals surface area contributed by atoms with Crippen LogP contribution in [0.5, 0.6) is 5.75 Å². The number of nitrogens with one attached hydrogen (secondary N) is 1. The van der Waals surface area contributed by atoms with Crippen molar-refractivity contribution in [1.29, 1.82) is 0 Å². The maximum absolute atomic E-state index is 12.9. The zero-order chi connectivity index (χ0) is 28.1. The number of ether oxygens (including phenoxy) is 2. The lowest BCUT2D eigenvalue weighted by molar-refractivity contribution is -0.113. The number of carbonyl (C=O) groups is 2. The van der Waals surface area contributed by atoms with Crippen LogP contribution in [0.2, 0.25) is 5.02 Å². The second kappa shape index (κ2) is 12.7. The molecule has 8 nitrogen and oxygen atoms in total. The Morgan fingerprint density at radius 2 is 1.90 bits per heavy atom. The van der Waals surface area contributed by atoms with Gasteiger partial charge in [-0.1, -0.05) is 53.2 Å². The third-order valence-electron chi connectivity index (χ3n) is 5.98. The lowest BCUT2D eigenvalue weighted by Gasteiger charge is -2.17. The summed E-state index contributed by atoms with van der Waals surface area (Å²) < 4.78 is 13.1. The lowest BCUT2D eigenvalue weighted by atomic mass is 10.0. The molecule has 0 aliphatic heterocycles. The zero-order valence-electron chi connectivity index (χ0n) is 22.3. The molecule has 0 saturated carbocycles. The number of benzene rings is 2. The van der Waals surface area contributed by atoms with E-state index in [1.807, 2.05) is 61.9 Å². The van der Waals surface area contributed by atoms with Crippen molar-refractivity contribution < 1.29 is 19.1 Å². The Morgan fingerprint density at radius 1 is 1.15 bits per heavy atom. The number of aryl methyl sites for hydroxylation is 2. The summed E-state index contributed by atoms with van der Waals surface area (Å²) in [5.41, 5.74) is 3.99. The average Bonchev–Trinajstić information content (AvgIpc) is 3.53. The summed E-state index contributed by atoms with van der Waals surface area (Å²) in [6.07, 6.45) is -0.331. The molecule has 0 bridgehead atoms. The number of methoxy groups -OCH3 is 1. The van der Waals surface area contributed by atoms with E-state index in [0.29, 0.717) is 38.7 Å². The van der Waals surface area contributed by atoms with E-state index in [-0.39, 0.29) is 17.8 Å². The van der Waals surface area contributed by atoms with E-state index in [1.54, 1.807) is 12.1 Å². The Labute approximate surface area is 240 Å². The molecular weight excluding hydrogens is 556 g/mol. The van der Waals surface area contributed by atoms with Crippen LogP contribution < -0.4 is 10.1 Å². The van der Waals surface area contributed by atoms with Gasteiger partial charge in [-0.05, 0) is 57.0 Å². The molecule has 39 heavy (non-hydrogen) atoms. The van der Waals surface area contributed by atoms with E-state index in [4.69, 9.17) is 21.1 Å². The zero-order valence-corrected chi connectivity index (χ0v) is 24.7. The van der Waals surface area contributed by atoms with E-state index >= 15 is 0 Å². The molecule has 1 amide bonds. The van der Waals surface area contributed by atoms with Gasteiger partial charge in [-0.15, -0.1) is 21.5 Å². The maximum Gasteiger partial charge on any atom is 0.341 e. The minimum absolute atomic E-state index is 0.0826. The Balaban J connectivity index is 1.46. The fourth-order valence-electron chi connectivity index (χ4n) is 4.07. The van der Waals surface area contributed by atoms with Crippen LogP contribution in [0.3, 0.4) is 0 Å². The van der Waals surface area contributed by atoms with E-state index < -0.39 is 5.97 Å². The van der Waals surface area contributed by atoms with Crippen LogP contribution in [0.15, 0.2) is 53.0 Å². The fourth-order valence-corrected chi connectivity index (χ4v) is 5.98. The van der Waals surface area contributed by atoms with Crippen LogP contribution in [0.1, 0.15) is 47.3 Å². The van der Waals surface area contributed by atoms with Gasteiger partial charge in [0.1, 0.15) is 16.3 Å². The number of thiophene rings is 1. The molecule has 2 heterocycles. The number of carbonyl (C=O) groups excluding carboxylic acids is 2. The smallest absolute Gasteiger partial charge is 0.341 e. The van der Waals surface area contributed by atoms with Gasteiger partial charge in [-0.3, -0.25) is 4.79 Å². The van der Waals surface area contributed by atoms with Crippen LogP contribution in [0.4, 0.5) is 5.00 Å². The van der Waals surface area contributed by atoms with Crippen LogP contribution in [0.25, 0.3) is 11.1 Å². The van der Waals surface area contributed by atoms with Crippen molar-refractivity contribution in [2.75, 3.05) is 18.2 Å². The highest BCUT2D eigenvalue weighted by Gasteiger charge is 2.24. The van der Waals surface area contributed by atoms with Gasteiger partial charge in [0.15, 0.2) is 17.1 Å². The summed E-state index contributed by atoms with van der Waals surface area (Å²) in [6, 6.07) is 13.2. The lowest BCUT2D eigenvalue weighted by Crippen LogP contribution is -2.17. The minimum atomic E-state index is -0.530. The van der Waals surface area contributed by atoms with Crippen molar-refractivity contribution >= 4 is 51.6 Å². The largest absolute Gasteiger partial charge is 0.482 e. The van der Waals surface area contributed by atoms with Gasteiger partial charge < -0.3 is 19.4 Å². The fraction of sp³-hybridized carbons (Fsp3) is 0.286. The number of aromatic nitrogens is 3. The number of hydrogen-bond donors (Lipinski definition) is 1. The number of amides is 1. The van der Waals surface area contributed by atoms with Crippen molar-refractivity contribution in [2.45, 2.75) is 45.5 Å². The molecule has 0 aliphatic carbocycles. The highest BCUT2D eigenvalue weighted by molar-refractivity contribution is 7.99. The number of nitrogens with zero attached hydrogens (tertiary/aromatic N) is 3. The average molecular weight is 585 g/mol. The van der Waals surface area contributed by atoms with Gasteiger partial charge in [-0.2, -0.15) is 0 Å². The summed E-state index contributed by atoms with van der Waals surface area (Å²) in [4.78, 5) is 25.5. The molecule has 1 N–H and O–H groups in total. The number of halogens is 1. The molecule has 1 unspecified atom stereocenters. The first-order valence-corrected chi connectivity index (χ1v) is 14.5.